The first-order chi connectivity index (χ1) is 15.0. The van der Waals surface area contributed by atoms with Crippen LogP contribution in [-0.4, -0.2) is 54.8 Å². The molecule has 0 bridgehead atoms. The molecule has 1 N–H and O–H groups in total. The maximum absolute atomic E-state index is 13.1. The van der Waals surface area contributed by atoms with Gasteiger partial charge in [-0.2, -0.15) is 4.31 Å². The molecule has 172 valence electrons. The normalized spacial score (nSPS) is 15.9. The number of amides is 1. The molecule has 0 spiro atoms. The summed E-state index contributed by atoms with van der Waals surface area (Å²) in [7, 11) is -2.69. The first-order valence-corrected chi connectivity index (χ1v) is 11.8. The highest BCUT2D eigenvalue weighted by Crippen LogP contribution is 2.27. The van der Waals surface area contributed by atoms with Gasteiger partial charge in [-0.05, 0) is 25.0 Å². The number of rotatable bonds is 5. The van der Waals surface area contributed by atoms with E-state index < -0.39 is 16.0 Å². The molecule has 2 heterocycles. The minimum absolute atomic E-state index is 0.00595. The van der Waals surface area contributed by atoms with Crippen LogP contribution in [0.3, 0.4) is 0 Å². The second kappa shape index (κ2) is 9.33. The minimum atomic E-state index is -3.89. The summed E-state index contributed by atoms with van der Waals surface area (Å²) in [5.74, 6) is -0.553. The van der Waals surface area contributed by atoms with E-state index in [1.165, 1.54) is 23.5 Å². The van der Waals surface area contributed by atoms with Gasteiger partial charge in [-0.15, -0.1) is 0 Å². The lowest BCUT2D eigenvalue weighted by Gasteiger charge is -2.30. The van der Waals surface area contributed by atoms with Gasteiger partial charge < -0.3 is 10.1 Å². The van der Waals surface area contributed by atoms with Gasteiger partial charge in [0.15, 0.2) is 0 Å². The zero-order valence-corrected chi connectivity index (χ0v) is 19.5. The van der Waals surface area contributed by atoms with Crippen molar-refractivity contribution in [3.8, 4) is 0 Å². The zero-order valence-electron chi connectivity index (χ0n) is 18.7. The van der Waals surface area contributed by atoms with Crippen LogP contribution < -0.4 is 5.32 Å². The summed E-state index contributed by atoms with van der Waals surface area (Å²) < 4.78 is 32.2. The fourth-order valence-corrected chi connectivity index (χ4v) is 5.14. The quantitative estimate of drug-likeness (QED) is 0.681. The van der Waals surface area contributed by atoms with Gasteiger partial charge in [-0.1, -0.05) is 32.9 Å². The largest absolute Gasteiger partial charge is 0.465 e. The van der Waals surface area contributed by atoms with Crippen LogP contribution in [0, 0.1) is 5.92 Å². The fraction of sp³-hybridized carbons (Fsp3) is 0.455. The highest BCUT2D eigenvalue weighted by atomic mass is 32.2. The number of sulfonamides is 1. The van der Waals surface area contributed by atoms with E-state index in [-0.39, 0.29) is 40.8 Å². The smallest absolute Gasteiger partial charge is 0.339 e. The molecule has 1 fully saturated rings. The maximum atomic E-state index is 13.1. The molecule has 1 amide bonds. The Morgan fingerprint density at radius 1 is 1.09 bits per heavy atom. The average molecular weight is 461 g/mol. The van der Waals surface area contributed by atoms with Crippen LogP contribution in [0.2, 0.25) is 0 Å². The van der Waals surface area contributed by atoms with Gasteiger partial charge in [0, 0.05) is 24.4 Å². The van der Waals surface area contributed by atoms with Crippen molar-refractivity contribution in [2.24, 2.45) is 5.92 Å². The van der Waals surface area contributed by atoms with E-state index in [0.29, 0.717) is 24.4 Å². The van der Waals surface area contributed by atoms with Crippen LogP contribution in [0.25, 0.3) is 0 Å². The molecule has 1 saturated heterocycles. The molecule has 0 unspecified atom stereocenters. The van der Waals surface area contributed by atoms with E-state index in [9.17, 15) is 18.0 Å². The Morgan fingerprint density at radius 3 is 2.25 bits per heavy atom. The third kappa shape index (κ3) is 5.13. The number of anilines is 1. The second-order valence-corrected chi connectivity index (χ2v) is 10.6. The molecule has 3 rings (SSSR count). The van der Waals surface area contributed by atoms with E-state index in [0.717, 1.165) is 0 Å². The molecule has 1 aromatic carbocycles. The van der Waals surface area contributed by atoms with Gasteiger partial charge >= 0.3 is 5.97 Å². The van der Waals surface area contributed by atoms with E-state index in [1.807, 2.05) is 20.8 Å². The molecule has 9 nitrogen and oxygen atoms in total. The van der Waals surface area contributed by atoms with E-state index in [4.69, 9.17) is 4.74 Å². The number of benzene rings is 1. The van der Waals surface area contributed by atoms with Crippen molar-refractivity contribution in [1.29, 1.82) is 0 Å². The molecule has 1 aliphatic heterocycles. The van der Waals surface area contributed by atoms with E-state index in [2.05, 4.69) is 15.3 Å². The molecule has 2 aromatic rings. The number of aromatic nitrogens is 2. The Labute approximate surface area is 188 Å². The zero-order chi connectivity index (χ0) is 23.5. The lowest BCUT2D eigenvalue weighted by atomic mass is 9.96. The van der Waals surface area contributed by atoms with Crippen molar-refractivity contribution in [3.05, 3.63) is 48.0 Å². The molecule has 0 saturated carbocycles. The van der Waals surface area contributed by atoms with Gasteiger partial charge in [0.2, 0.25) is 15.9 Å². The number of carbonyl (C=O) groups excluding carboxylic acids is 2. The summed E-state index contributed by atoms with van der Waals surface area (Å²) in [5.41, 5.74) is 0.312. The molecular weight excluding hydrogens is 432 g/mol. The van der Waals surface area contributed by atoms with Crippen molar-refractivity contribution in [1.82, 2.24) is 14.3 Å². The van der Waals surface area contributed by atoms with Crippen LogP contribution in [0.15, 0.2) is 41.6 Å². The summed E-state index contributed by atoms with van der Waals surface area (Å²) in [6.45, 7) is 6.37. The fourth-order valence-electron chi connectivity index (χ4n) is 3.49. The number of hydrogen-bond acceptors (Lipinski definition) is 7. The highest BCUT2D eigenvalue weighted by molar-refractivity contribution is 7.89. The Bertz CT molecular complexity index is 1090. The highest BCUT2D eigenvalue weighted by Gasteiger charge is 2.34. The van der Waals surface area contributed by atoms with Crippen molar-refractivity contribution in [2.75, 3.05) is 25.5 Å². The maximum Gasteiger partial charge on any atom is 0.339 e. The Morgan fingerprint density at radius 2 is 1.69 bits per heavy atom. The van der Waals surface area contributed by atoms with Crippen molar-refractivity contribution in [2.45, 2.75) is 43.9 Å². The number of hydrogen-bond donors (Lipinski definition) is 1. The topological polar surface area (TPSA) is 119 Å². The van der Waals surface area contributed by atoms with Gasteiger partial charge in [-0.25, -0.2) is 23.2 Å². The Hall–Kier alpha value is -2.85. The number of esters is 1. The number of nitrogens with one attached hydrogen (secondary N) is 1. The predicted octanol–water partition coefficient (Wildman–Crippen LogP) is 2.60. The number of nitrogens with zero attached hydrogens (tertiary/aromatic N) is 3. The number of carbonyl (C=O) groups is 2. The molecule has 0 aliphatic carbocycles. The molecule has 1 aromatic heterocycles. The molecule has 0 atom stereocenters. The summed E-state index contributed by atoms with van der Waals surface area (Å²) in [5, 5.41) is 2.81. The molecular formula is C22H28N4O5S. The van der Waals surface area contributed by atoms with E-state index >= 15 is 0 Å². The Kier molecular flexibility index (Phi) is 6.94. The third-order valence-corrected chi connectivity index (χ3v) is 7.28. The number of ether oxygens (including phenoxy) is 1. The summed E-state index contributed by atoms with van der Waals surface area (Å²) in [6.07, 6.45) is 3.89. The average Bonchev–Trinajstić information content (AvgIpc) is 2.78. The van der Waals surface area contributed by atoms with Crippen LogP contribution in [0.4, 0.5) is 5.69 Å². The predicted molar refractivity (Wildman–Crippen MR) is 119 cm³/mol. The molecule has 10 heteroatoms. The van der Waals surface area contributed by atoms with Crippen LogP contribution in [0.1, 0.15) is 49.8 Å². The number of piperidine rings is 1. The number of methoxy groups -OCH3 is 1. The minimum Gasteiger partial charge on any atom is -0.465 e. The van der Waals surface area contributed by atoms with Crippen molar-refractivity contribution in [3.63, 3.8) is 0 Å². The van der Waals surface area contributed by atoms with Crippen molar-refractivity contribution < 1.29 is 22.7 Å². The van der Waals surface area contributed by atoms with Gasteiger partial charge in [0.1, 0.15) is 5.82 Å². The summed E-state index contributed by atoms with van der Waals surface area (Å²) >= 11 is 0. The van der Waals surface area contributed by atoms with Crippen LogP contribution in [0.5, 0.6) is 0 Å². The monoisotopic (exact) mass is 460 g/mol. The summed E-state index contributed by atoms with van der Waals surface area (Å²) in [6, 6.07) is 5.96. The first-order valence-electron chi connectivity index (χ1n) is 10.3. The molecule has 1 aliphatic rings. The van der Waals surface area contributed by atoms with Crippen LogP contribution in [-0.2, 0) is 25.0 Å². The molecule has 0 radical (unpaired) electrons. The molecule has 32 heavy (non-hydrogen) atoms. The summed E-state index contributed by atoms with van der Waals surface area (Å²) in [4.78, 5) is 33.2. The van der Waals surface area contributed by atoms with E-state index in [1.54, 1.807) is 24.5 Å². The first kappa shape index (κ1) is 23.8. The van der Waals surface area contributed by atoms with Crippen LogP contribution >= 0.6 is 0 Å². The third-order valence-electron chi connectivity index (χ3n) is 5.33. The Balaban J connectivity index is 1.65. The van der Waals surface area contributed by atoms with Gasteiger partial charge in [0.05, 0.1) is 35.6 Å². The lowest BCUT2D eigenvalue weighted by Crippen LogP contribution is -2.41. The lowest BCUT2D eigenvalue weighted by molar-refractivity contribution is -0.120. The van der Waals surface area contributed by atoms with Gasteiger partial charge in [-0.3, -0.25) is 4.79 Å². The SMILES string of the molecule is COC(=O)c1ccccc1S(=O)(=O)N1CCC(C(=O)Nc2cnc(C(C)(C)C)nc2)CC1. The second-order valence-electron chi connectivity index (χ2n) is 8.70. The van der Waals surface area contributed by atoms with Gasteiger partial charge in [0.25, 0.3) is 0 Å². The van der Waals surface area contributed by atoms with Crippen molar-refractivity contribution >= 4 is 27.6 Å². The standard InChI is InChI=1S/C22H28N4O5S/c1-22(2,3)21-23-13-16(14-24-21)25-19(27)15-9-11-26(12-10-15)32(29,30)18-8-6-5-7-17(18)20(28)31-4/h5-8,13-15H,9-12H2,1-4H3,(H,25,27).